The lowest BCUT2D eigenvalue weighted by Crippen LogP contribution is -2.37. The summed E-state index contributed by atoms with van der Waals surface area (Å²) in [6.07, 6.45) is 3.42. The first-order chi connectivity index (χ1) is 5.36. The van der Waals surface area contributed by atoms with E-state index in [9.17, 15) is 4.79 Å². The highest BCUT2D eigenvalue weighted by atomic mass is 16.2. The van der Waals surface area contributed by atoms with Crippen molar-refractivity contribution in [2.24, 2.45) is 5.92 Å². The van der Waals surface area contributed by atoms with Crippen LogP contribution in [0.5, 0.6) is 0 Å². The molecule has 3 heteroatoms. The Morgan fingerprint density at radius 2 is 2.18 bits per heavy atom. The van der Waals surface area contributed by atoms with Gasteiger partial charge >= 0.3 is 0 Å². The molecule has 0 spiro atoms. The molecule has 2 saturated heterocycles. The van der Waals surface area contributed by atoms with E-state index in [1.54, 1.807) is 0 Å². The van der Waals surface area contributed by atoms with Crippen LogP contribution < -0.4 is 10.6 Å². The maximum absolute atomic E-state index is 11.3. The van der Waals surface area contributed by atoms with Crippen LogP contribution >= 0.6 is 0 Å². The Labute approximate surface area is 66.5 Å². The quantitative estimate of drug-likeness (QED) is 0.510. The molecular weight excluding hydrogens is 140 g/mol. The smallest absolute Gasteiger partial charge is 0.224 e. The first-order valence-electron chi connectivity index (χ1n) is 4.37. The summed E-state index contributed by atoms with van der Waals surface area (Å²) < 4.78 is 0. The molecule has 0 aromatic rings. The lowest BCUT2D eigenvalue weighted by atomic mass is 10.0. The molecule has 11 heavy (non-hydrogen) atoms. The van der Waals surface area contributed by atoms with Crippen molar-refractivity contribution in [3.8, 4) is 0 Å². The molecule has 0 unspecified atom stereocenters. The van der Waals surface area contributed by atoms with E-state index in [0.29, 0.717) is 6.04 Å². The fraction of sp³-hybridized carbons (Fsp3) is 0.875. The summed E-state index contributed by atoms with van der Waals surface area (Å²) >= 11 is 0. The monoisotopic (exact) mass is 154 g/mol. The Hall–Kier alpha value is -0.570. The SMILES string of the molecule is O=C1N[C@@H]2CCC[C@@H]1CNC2. The highest BCUT2D eigenvalue weighted by Crippen LogP contribution is 2.17. The van der Waals surface area contributed by atoms with Crippen LogP contribution in [0.1, 0.15) is 19.3 Å². The standard InChI is InChI=1S/C8H14N2O/c11-8-6-2-1-3-7(10-8)5-9-4-6/h6-7,9H,1-5H2,(H,10,11)/t6-,7-/m1/s1. The minimum absolute atomic E-state index is 0.238. The predicted molar refractivity (Wildman–Crippen MR) is 42.1 cm³/mol. The Kier molecular flexibility index (Phi) is 1.82. The summed E-state index contributed by atoms with van der Waals surface area (Å²) in [6, 6.07) is 0.398. The van der Waals surface area contributed by atoms with Gasteiger partial charge in [0.15, 0.2) is 0 Å². The first-order valence-corrected chi connectivity index (χ1v) is 4.37. The fourth-order valence-electron chi connectivity index (χ4n) is 1.91. The molecule has 1 amide bonds. The highest BCUT2D eigenvalue weighted by Gasteiger charge is 2.27. The Morgan fingerprint density at radius 3 is 3.09 bits per heavy atom. The van der Waals surface area contributed by atoms with Crippen molar-refractivity contribution in [1.29, 1.82) is 0 Å². The van der Waals surface area contributed by atoms with Crippen molar-refractivity contribution in [1.82, 2.24) is 10.6 Å². The van der Waals surface area contributed by atoms with Crippen LogP contribution in [-0.4, -0.2) is 25.0 Å². The maximum Gasteiger partial charge on any atom is 0.224 e. The third-order valence-corrected chi connectivity index (χ3v) is 2.60. The van der Waals surface area contributed by atoms with Gasteiger partial charge < -0.3 is 10.6 Å². The van der Waals surface area contributed by atoms with Crippen molar-refractivity contribution in [2.75, 3.05) is 13.1 Å². The van der Waals surface area contributed by atoms with E-state index in [2.05, 4.69) is 10.6 Å². The van der Waals surface area contributed by atoms with Crippen molar-refractivity contribution in [2.45, 2.75) is 25.3 Å². The minimum Gasteiger partial charge on any atom is -0.352 e. The number of amides is 1. The summed E-state index contributed by atoms with van der Waals surface area (Å²) in [5.74, 6) is 0.500. The van der Waals surface area contributed by atoms with Gasteiger partial charge in [0.05, 0.1) is 5.92 Å². The molecule has 0 radical (unpaired) electrons. The Morgan fingerprint density at radius 1 is 1.27 bits per heavy atom. The second-order valence-corrected chi connectivity index (χ2v) is 3.49. The molecule has 2 fully saturated rings. The second-order valence-electron chi connectivity index (χ2n) is 3.49. The predicted octanol–water partition coefficient (Wildman–Crippen LogP) is -0.126. The van der Waals surface area contributed by atoms with E-state index in [1.165, 1.54) is 6.42 Å². The molecule has 2 bridgehead atoms. The summed E-state index contributed by atoms with van der Waals surface area (Å²) in [4.78, 5) is 11.3. The zero-order valence-electron chi connectivity index (χ0n) is 6.60. The average Bonchev–Trinajstić information content (AvgIpc) is 2.16. The molecule has 62 valence electrons. The topological polar surface area (TPSA) is 41.1 Å². The van der Waals surface area contributed by atoms with Crippen LogP contribution in [0.15, 0.2) is 0 Å². The molecule has 2 heterocycles. The fourth-order valence-corrected chi connectivity index (χ4v) is 1.91. The van der Waals surface area contributed by atoms with E-state index < -0.39 is 0 Å². The lowest BCUT2D eigenvalue weighted by molar-refractivity contribution is -0.124. The van der Waals surface area contributed by atoms with E-state index in [0.717, 1.165) is 25.9 Å². The minimum atomic E-state index is 0.238. The van der Waals surface area contributed by atoms with Crippen LogP contribution in [0.3, 0.4) is 0 Å². The molecule has 2 aliphatic rings. The van der Waals surface area contributed by atoms with Gasteiger partial charge in [0.1, 0.15) is 0 Å². The van der Waals surface area contributed by atoms with Gasteiger partial charge in [-0.2, -0.15) is 0 Å². The number of nitrogens with one attached hydrogen (secondary N) is 2. The first kappa shape index (κ1) is 7.10. The zero-order valence-corrected chi connectivity index (χ0v) is 6.60. The number of carbonyl (C=O) groups is 1. The van der Waals surface area contributed by atoms with Crippen molar-refractivity contribution in [3.05, 3.63) is 0 Å². The molecule has 2 N–H and O–H groups in total. The van der Waals surface area contributed by atoms with E-state index in [-0.39, 0.29) is 11.8 Å². The number of fused-ring (bicyclic) bond motifs is 3. The van der Waals surface area contributed by atoms with Crippen LogP contribution in [-0.2, 0) is 4.79 Å². The molecule has 2 aliphatic heterocycles. The van der Waals surface area contributed by atoms with Gasteiger partial charge in [0.25, 0.3) is 0 Å². The van der Waals surface area contributed by atoms with E-state index >= 15 is 0 Å². The highest BCUT2D eigenvalue weighted by molar-refractivity contribution is 5.79. The van der Waals surface area contributed by atoms with Crippen LogP contribution in [0, 0.1) is 5.92 Å². The largest absolute Gasteiger partial charge is 0.352 e. The maximum atomic E-state index is 11.3. The van der Waals surface area contributed by atoms with Crippen molar-refractivity contribution in [3.63, 3.8) is 0 Å². The van der Waals surface area contributed by atoms with E-state index in [1.807, 2.05) is 0 Å². The van der Waals surface area contributed by atoms with Gasteiger partial charge in [-0.3, -0.25) is 4.79 Å². The van der Waals surface area contributed by atoms with Crippen molar-refractivity contribution < 1.29 is 4.79 Å². The molecule has 2 atom stereocenters. The summed E-state index contributed by atoms with van der Waals surface area (Å²) in [5, 5.41) is 6.34. The molecular formula is C8H14N2O. The van der Waals surface area contributed by atoms with E-state index in [4.69, 9.17) is 0 Å². The van der Waals surface area contributed by atoms with Gasteiger partial charge in [-0.1, -0.05) is 6.42 Å². The number of rotatable bonds is 0. The second kappa shape index (κ2) is 2.81. The number of hydrogen-bond donors (Lipinski definition) is 2. The van der Waals surface area contributed by atoms with Crippen LogP contribution in [0.25, 0.3) is 0 Å². The van der Waals surface area contributed by atoms with Gasteiger partial charge in [-0.05, 0) is 12.8 Å². The van der Waals surface area contributed by atoms with Gasteiger partial charge in [0.2, 0.25) is 5.91 Å². The molecule has 3 nitrogen and oxygen atoms in total. The number of carbonyl (C=O) groups excluding carboxylic acids is 1. The normalized spacial score (nSPS) is 37.6. The summed E-state index contributed by atoms with van der Waals surface area (Å²) in [5.41, 5.74) is 0. The summed E-state index contributed by atoms with van der Waals surface area (Å²) in [6.45, 7) is 1.84. The lowest BCUT2D eigenvalue weighted by Gasteiger charge is -2.14. The third kappa shape index (κ3) is 1.38. The van der Waals surface area contributed by atoms with Crippen molar-refractivity contribution >= 4 is 5.91 Å². The van der Waals surface area contributed by atoms with Gasteiger partial charge in [-0.15, -0.1) is 0 Å². The molecule has 0 aromatic heterocycles. The third-order valence-electron chi connectivity index (χ3n) is 2.60. The molecule has 0 aliphatic carbocycles. The Balaban J connectivity index is 2.14. The van der Waals surface area contributed by atoms with Crippen LogP contribution in [0.4, 0.5) is 0 Å². The number of hydrogen-bond acceptors (Lipinski definition) is 2. The molecule has 0 aromatic carbocycles. The summed E-state index contributed by atoms with van der Waals surface area (Å²) in [7, 11) is 0. The zero-order chi connectivity index (χ0) is 7.68. The molecule has 2 rings (SSSR count). The average molecular weight is 154 g/mol. The van der Waals surface area contributed by atoms with Gasteiger partial charge in [-0.25, -0.2) is 0 Å². The van der Waals surface area contributed by atoms with Gasteiger partial charge in [0, 0.05) is 19.1 Å². The Bertz CT molecular complexity index is 159. The molecule has 0 saturated carbocycles. The van der Waals surface area contributed by atoms with Crippen LogP contribution in [0.2, 0.25) is 0 Å².